The Bertz CT molecular complexity index is 754. The van der Waals surface area contributed by atoms with Gasteiger partial charge in [-0.1, -0.05) is 24.3 Å². The molecule has 1 aliphatic rings. The summed E-state index contributed by atoms with van der Waals surface area (Å²) in [6.07, 6.45) is 0.447. The highest BCUT2D eigenvalue weighted by Gasteiger charge is 2.32. The molecule has 0 aliphatic carbocycles. The SMILES string of the molecule is O=C(c1cccs1)c1ccccc1C(=O)N1CC[C@@H](C(=O)O)C1. The number of hydrogen-bond acceptors (Lipinski definition) is 4. The lowest BCUT2D eigenvalue weighted by atomic mass is 10.0. The van der Waals surface area contributed by atoms with Gasteiger partial charge in [-0.25, -0.2) is 0 Å². The smallest absolute Gasteiger partial charge is 0.308 e. The summed E-state index contributed by atoms with van der Waals surface area (Å²) in [5.74, 6) is -1.88. The summed E-state index contributed by atoms with van der Waals surface area (Å²) in [6, 6.07) is 10.2. The zero-order valence-corrected chi connectivity index (χ0v) is 13.1. The molecule has 1 aromatic heterocycles. The standard InChI is InChI=1S/C17H15NO4S/c19-15(14-6-3-9-23-14)12-4-1-2-5-13(12)16(20)18-8-7-11(10-18)17(21)22/h1-6,9,11H,7-8,10H2,(H,21,22)/t11-/m1/s1. The van der Waals surface area contributed by atoms with Crippen LogP contribution in [-0.4, -0.2) is 40.8 Å². The van der Waals surface area contributed by atoms with Crippen molar-refractivity contribution in [3.05, 3.63) is 57.8 Å². The van der Waals surface area contributed by atoms with E-state index in [2.05, 4.69) is 0 Å². The van der Waals surface area contributed by atoms with Crippen molar-refractivity contribution in [2.24, 2.45) is 5.92 Å². The Labute approximate surface area is 137 Å². The molecule has 0 saturated carbocycles. The van der Waals surface area contributed by atoms with Gasteiger partial charge < -0.3 is 10.0 Å². The van der Waals surface area contributed by atoms with E-state index >= 15 is 0 Å². The third-order valence-electron chi connectivity index (χ3n) is 3.97. The zero-order valence-electron chi connectivity index (χ0n) is 12.3. The summed E-state index contributed by atoms with van der Waals surface area (Å²) in [7, 11) is 0. The van der Waals surface area contributed by atoms with Gasteiger partial charge in [-0.3, -0.25) is 14.4 Å². The van der Waals surface area contributed by atoms with Gasteiger partial charge >= 0.3 is 5.97 Å². The van der Waals surface area contributed by atoms with E-state index in [4.69, 9.17) is 5.11 Å². The molecule has 1 fully saturated rings. The lowest BCUT2D eigenvalue weighted by Gasteiger charge is -2.17. The van der Waals surface area contributed by atoms with E-state index in [-0.39, 0.29) is 18.2 Å². The maximum Gasteiger partial charge on any atom is 0.308 e. The number of thiophene rings is 1. The van der Waals surface area contributed by atoms with Gasteiger partial charge in [0.2, 0.25) is 5.78 Å². The Kier molecular flexibility index (Phi) is 4.25. The lowest BCUT2D eigenvalue weighted by molar-refractivity contribution is -0.141. The predicted molar refractivity (Wildman–Crippen MR) is 85.8 cm³/mol. The summed E-state index contributed by atoms with van der Waals surface area (Å²) in [5.41, 5.74) is 0.690. The van der Waals surface area contributed by atoms with Crippen LogP contribution in [0.4, 0.5) is 0 Å². The molecule has 1 atom stereocenters. The number of aliphatic carboxylic acids is 1. The summed E-state index contributed by atoms with van der Waals surface area (Å²) in [6.45, 7) is 0.590. The quantitative estimate of drug-likeness (QED) is 0.875. The second-order valence-corrected chi connectivity index (χ2v) is 6.37. The fourth-order valence-electron chi connectivity index (χ4n) is 2.72. The highest BCUT2D eigenvalue weighted by atomic mass is 32.1. The Morgan fingerprint density at radius 3 is 2.43 bits per heavy atom. The summed E-state index contributed by atoms with van der Waals surface area (Å²) >= 11 is 1.33. The van der Waals surface area contributed by atoms with Crippen molar-refractivity contribution < 1.29 is 19.5 Å². The predicted octanol–water partition coefficient (Wildman–Crippen LogP) is 2.53. The number of carbonyl (C=O) groups is 3. The van der Waals surface area contributed by atoms with Gasteiger partial charge in [0.1, 0.15) is 0 Å². The van der Waals surface area contributed by atoms with Crippen molar-refractivity contribution in [2.45, 2.75) is 6.42 Å². The first-order valence-corrected chi connectivity index (χ1v) is 8.15. The molecule has 2 heterocycles. The molecule has 1 N–H and O–H groups in total. The first-order chi connectivity index (χ1) is 11.1. The fourth-order valence-corrected chi connectivity index (χ4v) is 3.40. The minimum Gasteiger partial charge on any atom is -0.481 e. The second-order valence-electron chi connectivity index (χ2n) is 5.43. The minimum absolute atomic E-state index is 0.182. The molecule has 6 heteroatoms. The van der Waals surface area contributed by atoms with Crippen molar-refractivity contribution in [2.75, 3.05) is 13.1 Å². The average molecular weight is 329 g/mol. The second kappa shape index (κ2) is 6.34. The molecule has 0 radical (unpaired) electrons. The van der Waals surface area contributed by atoms with E-state index in [0.717, 1.165) is 0 Å². The number of nitrogens with zero attached hydrogens (tertiary/aromatic N) is 1. The van der Waals surface area contributed by atoms with Crippen LogP contribution in [0.3, 0.4) is 0 Å². The van der Waals surface area contributed by atoms with Crippen LogP contribution in [0.25, 0.3) is 0 Å². The van der Waals surface area contributed by atoms with Crippen molar-refractivity contribution >= 4 is 29.0 Å². The monoisotopic (exact) mass is 329 g/mol. The fraction of sp³-hybridized carbons (Fsp3) is 0.235. The van der Waals surface area contributed by atoms with Crippen LogP contribution >= 0.6 is 11.3 Å². The molecule has 0 unspecified atom stereocenters. The first kappa shape index (κ1) is 15.4. The molecule has 2 aromatic rings. The Hall–Kier alpha value is -2.47. The third-order valence-corrected chi connectivity index (χ3v) is 4.84. The van der Waals surface area contributed by atoms with Gasteiger partial charge in [-0.2, -0.15) is 0 Å². The number of hydrogen-bond donors (Lipinski definition) is 1. The van der Waals surface area contributed by atoms with Crippen molar-refractivity contribution in [1.82, 2.24) is 4.90 Å². The van der Waals surface area contributed by atoms with Crippen LogP contribution in [-0.2, 0) is 4.79 Å². The van der Waals surface area contributed by atoms with E-state index in [1.807, 2.05) is 5.38 Å². The molecular weight excluding hydrogens is 314 g/mol. The number of ketones is 1. The number of carbonyl (C=O) groups excluding carboxylic acids is 2. The molecule has 23 heavy (non-hydrogen) atoms. The topological polar surface area (TPSA) is 74.7 Å². The minimum atomic E-state index is -0.886. The summed E-state index contributed by atoms with van der Waals surface area (Å²) < 4.78 is 0. The van der Waals surface area contributed by atoms with E-state index < -0.39 is 11.9 Å². The number of amides is 1. The molecule has 5 nitrogen and oxygen atoms in total. The number of carboxylic acids is 1. The molecule has 0 spiro atoms. The van der Waals surface area contributed by atoms with Crippen molar-refractivity contribution in [3.63, 3.8) is 0 Å². The molecule has 118 valence electrons. The molecule has 0 bridgehead atoms. The van der Waals surface area contributed by atoms with E-state index in [9.17, 15) is 14.4 Å². The van der Waals surface area contributed by atoms with Gasteiger partial charge in [0.05, 0.1) is 16.4 Å². The molecule has 1 aliphatic heterocycles. The van der Waals surface area contributed by atoms with Crippen LogP contribution in [0.15, 0.2) is 41.8 Å². The number of likely N-dealkylation sites (tertiary alicyclic amines) is 1. The van der Waals surface area contributed by atoms with Crippen LogP contribution in [0.2, 0.25) is 0 Å². The van der Waals surface area contributed by atoms with Gasteiger partial charge in [0, 0.05) is 18.7 Å². The van der Waals surface area contributed by atoms with Gasteiger partial charge in [-0.15, -0.1) is 11.3 Å². The maximum absolute atomic E-state index is 12.7. The number of rotatable bonds is 4. The first-order valence-electron chi connectivity index (χ1n) is 7.27. The van der Waals surface area contributed by atoms with E-state index in [1.54, 1.807) is 36.4 Å². The van der Waals surface area contributed by atoms with E-state index in [1.165, 1.54) is 16.2 Å². The van der Waals surface area contributed by atoms with Gasteiger partial charge in [-0.05, 0) is 23.9 Å². The molecule has 1 aromatic carbocycles. The normalized spacial score (nSPS) is 17.2. The third kappa shape index (κ3) is 3.03. The summed E-state index contributed by atoms with van der Waals surface area (Å²) in [5, 5.41) is 10.9. The Balaban J connectivity index is 1.87. The van der Waals surface area contributed by atoms with Crippen molar-refractivity contribution in [1.29, 1.82) is 0 Å². The Morgan fingerprint density at radius 2 is 1.83 bits per heavy atom. The highest BCUT2D eigenvalue weighted by molar-refractivity contribution is 7.12. The van der Waals surface area contributed by atoms with Crippen molar-refractivity contribution in [3.8, 4) is 0 Å². The lowest BCUT2D eigenvalue weighted by Crippen LogP contribution is -2.31. The molecule has 1 amide bonds. The molecule has 1 saturated heterocycles. The van der Waals surface area contributed by atoms with Gasteiger partial charge in [0.25, 0.3) is 5.91 Å². The molecule has 3 rings (SSSR count). The van der Waals surface area contributed by atoms with E-state index in [0.29, 0.717) is 29.0 Å². The maximum atomic E-state index is 12.7. The van der Waals surface area contributed by atoms with Crippen LogP contribution < -0.4 is 0 Å². The largest absolute Gasteiger partial charge is 0.481 e. The number of benzene rings is 1. The number of carboxylic acid groups (broad SMARTS) is 1. The highest BCUT2D eigenvalue weighted by Crippen LogP contribution is 2.23. The zero-order chi connectivity index (χ0) is 16.4. The average Bonchev–Trinajstić information content (AvgIpc) is 3.24. The molecular formula is C17H15NO4S. The van der Waals surface area contributed by atoms with Crippen LogP contribution in [0.1, 0.15) is 32.0 Å². The summed E-state index contributed by atoms with van der Waals surface area (Å²) in [4.78, 5) is 38.4. The van der Waals surface area contributed by atoms with Crippen LogP contribution in [0, 0.1) is 5.92 Å². The van der Waals surface area contributed by atoms with Crippen LogP contribution in [0.5, 0.6) is 0 Å². The Morgan fingerprint density at radius 1 is 1.09 bits per heavy atom. The van der Waals surface area contributed by atoms with Gasteiger partial charge in [0.15, 0.2) is 0 Å².